The summed E-state index contributed by atoms with van der Waals surface area (Å²) in [7, 11) is 0. The Kier molecular flexibility index (Phi) is 71.7. The Hall–Kier alpha value is 2.49. The van der Waals surface area contributed by atoms with Gasteiger partial charge in [0.15, 0.2) is 0 Å². The first-order valence-corrected chi connectivity index (χ1v) is 0.687. The summed E-state index contributed by atoms with van der Waals surface area (Å²) in [5.41, 5.74) is 0. The van der Waals surface area contributed by atoms with Crippen LogP contribution in [0.5, 0.6) is 0 Å². The molecule has 0 saturated carbocycles. The van der Waals surface area contributed by atoms with Gasteiger partial charge in [-0.3, -0.25) is 0 Å². The topological polar surface area (TPSA) is 17.1 Å². The molecule has 0 saturated heterocycles. The van der Waals surface area contributed by atoms with E-state index in [1.807, 2.05) is 0 Å². The normalized spacial score (nSPS) is 1.00. The van der Waals surface area contributed by atoms with Gasteiger partial charge in [0.05, 0.1) is 0 Å². The van der Waals surface area contributed by atoms with Crippen molar-refractivity contribution >= 4 is 0 Å². The average Bonchev–Trinajstić information content (AvgIpc) is 1.00. The molecule has 0 atom stereocenters. The molecule has 0 aliphatic heterocycles. The van der Waals surface area contributed by atoms with Crippen molar-refractivity contribution in [3.63, 3.8) is 0 Å². The van der Waals surface area contributed by atoms with Crippen LogP contribution in [-0.2, 0) is 37.1 Å². The van der Waals surface area contributed by atoms with Crippen molar-refractivity contribution < 1.29 is 89.9 Å². The van der Waals surface area contributed by atoms with Crippen LogP contribution in [0.1, 0.15) is 1.43 Å². The van der Waals surface area contributed by atoms with Crippen LogP contribution in [0.25, 0.3) is 0 Å². The van der Waals surface area contributed by atoms with Gasteiger partial charge in [-0.25, -0.2) is 0 Å². The van der Waals surface area contributed by atoms with E-state index in [9.17, 15) is 0 Å². The van der Waals surface area contributed by atoms with E-state index in [0.29, 0.717) is 0 Å². The summed E-state index contributed by atoms with van der Waals surface area (Å²) in [6.45, 7) is 0. The molecule has 0 aromatic heterocycles. The van der Waals surface area contributed by atoms with Gasteiger partial charge in [0.25, 0.3) is 0 Å². The third kappa shape index (κ3) is 8.82. The van der Waals surface area contributed by atoms with Crippen molar-refractivity contribution in [2.45, 2.75) is 0 Å². The second-order valence-electron chi connectivity index (χ2n) is 0. The molecule has 22 valence electrons. The first kappa shape index (κ1) is 16.1. The maximum atomic E-state index is 8.12. The first-order valence-electron chi connectivity index (χ1n) is 0.167. The molecule has 0 amide bonds. The molecule has 4 heteroatoms. The zero-order chi connectivity index (χ0) is 2.00. The van der Waals surface area contributed by atoms with E-state index in [-0.39, 0.29) is 69.9 Å². The van der Waals surface area contributed by atoms with E-state index in [0.717, 1.165) is 0 Å². The van der Waals surface area contributed by atoms with Crippen LogP contribution in [0.15, 0.2) is 0 Å². The molecule has 0 unspecified atom stereocenters. The van der Waals surface area contributed by atoms with Gasteiger partial charge in [-0.2, -0.15) is 0 Å². The second-order valence-corrected chi connectivity index (χ2v) is 0. The fourth-order valence-electron chi connectivity index (χ4n) is 0. The molecule has 0 fully saturated rings. The van der Waals surface area contributed by atoms with Crippen molar-refractivity contribution in [3.05, 3.63) is 0 Å². The van der Waals surface area contributed by atoms with Crippen LogP contribution in [0, 0.1) is 0 Å². The fraction of sp³-hybridized carbons (Fsp3) is 0. The van der Waals surface area contributed by atoms with Gasteiger partial charge < -0.3 is 1.43 Å². The van der Waals surface area contributed by atoms with Crippen LogP contribution in [-0.4, -0.2) is 0 Å². The van der Waals surface area contributed by atoms with E-state index in [2.05, 4.69) is 0 Å². The molecule has 0 radical (unpaired) electrons. The molecule has 1 nitrogen and oxygen atoms in total. The Morgan fingerprint density at radius 3 is 1.50 bits per heavy atom. The molecule has 0 bridgehead atoms. The van der Waals surface area contributed by atoms with Gasteiger partial charge in [0, 0.05) is 17.1 Å². The van der Waals surface area contributed by atoms with E-state index in [1.165, 1.54) is 16.2 Å². The summed E-state index contributed by atoms with van der Waals surface area (Å²) >= 11 is 1.38. The molecule has 0 aromatic carbocycles. The van der Waals surface area contributed by atoms with E-state index in [4.69, 9.17) is 3.80 Å². The first-order chi connectivity index (χ1) is 1.00. The average molecular weight is 164 g/mol. The summed E-state index contributed by atoms with van der Waals surface area (Å²) in [6, 6.07) is 0. The van der Waals surface area contributed by atoms with Crippen LogP contribution in [0.2, 0.25) is 0 Å². The Balaban J connectivity index is -0.00000000167. The Labute approximate surface area is 87.9 Å². The molecule has 0 rings (SSSR count). The number of hydrogen-bond acceptors (Lipinski definition) is 1. The monoisotopic (exact) mass is 164 g/mol. The standard InChI is InChI=1S/Cr.Fe.K.O.H/q;;+1;;-1. The van der Waals surface area contributed by atoms with Gasteiger partial charge in [-0.1, -0.05) is 0 Å². The van der Waals surface area contributed by atoms with Gasteiger partial charge >= 0.3 is 71.4 Å². The number of rotatable bonds is 0. The maximum absolute atomic E-state index is 8.12. The van der Waals surface area contributed by atoms with E-state index < -0.39 is 0 Å². The summed E-state index contributed by atoms with van der Waals surface area (Å²) in [5.74, 6) is 0. The van der Waals surface area contributed by atoms with Crippen LogP contribution in [0.4, 0.5) is 0 Å². The SMILES string of the molecule is [Fe].[H-].[K+].[O]=[Cr]. The predicted octanol–water partition coefficient (Wildman–Crippen LogP) is -3.01. The van der Waals surface area contributed by atoms with Crippen LogP contribution < -0.4 is 51.4 Å². The minimum atomic E-state index is 0. The molecule has 0 N–H and O–H groups in total. The van der Waals surface area contributed by atoms with Gasteiger partial charge in [-0.05, 0) is 0 Å². The second kappa shape index (κ2) is 17.9. The summed E-state index contributed by atoms with van der Waals surface area (Å²) in [6.07, 6.45) is 0. The van der Waals surface area contributed by atoms with E-state index in [1.54, 1.807) is 0 Å². The molecule has 0 aliphatic carbocycles. The Bertz CT molecular complexity index is 11.6. The van der Waals surface area contributed by atoms with Crippen molar-refractivity contribution in [1.82, 2.24) is 0 Å². The van der Waals surface area contributed by atoms with Crippen molar-refractivity contribution in [1.29, 1.82) is 0 Å². The van der Waals surface area contributed by atoms with Gasteiger partial charge in [0.1, 0.15) is 0 Å². The fourth-order valence-corrected chi connectivity index (χ4v) is 0. The van der Waals surface area contributed by atoms with Crippen molar-refractivity contribution in [3.8, 4) is 0 Å². The molecule has 0 aliphatic rings. The summed E-state index contributed by atoms with van der Waals surface area (Å²) < 4.78 is 8.12. The van der Waals surface area contributed by atoms with E-state index >= 15 is 0 Å². The zero-order valence-electron chi connectivity index (χ0n) is 3.17. The molecular weight excluding hydrogens is 163 g/mol. The minimum absolute atomic E-state index is 0. The van der Waals surface area contributed by atoms with Crippen LogP contribution >= 0.6 is 0 Å². The Morgan fingerprint density at radius 1 is 1.50 bits per heavy atom. The summed E-state index contributed by atoms with van der Waals surface area (Å²) in [4.78, 5) is 0. The van der Waals surface area contributed by atoms with Crippen molar-refractivity contribution in [2.24, 2.45) is 0 Å². The third-order valence-corrected chi connectivity index (χ3v) is 0. The zero-order valence-corrected chi connectivity index (χ0v) is 7.67. The quantitative estimate of drug-likeness (QED) is 0.348. The Morgan fingerprint density at radius 2 is 1.50 bits per heavy atom. The van der Waals surface area contributed by atoms with Crippen LogP contribution in [0.3, 0.4) is 0 Å². The van der Waals surface area contributed by atoms with Gasteiger partial charge in [0.2, 0.25) is 0 Å². The molecule has 4 heavy (non-hydrogen) atoms. The molecule has 0 spiro atoms. The number of hydrogen-bond donors (Lipinski definition) is 0. The predicted molar refractivity (Wildman–Crippen MR) is 1.80 cm³/mol. The van der Waals surface area contributed by atoms with Gasteiger partial charge in [-0.15, -0.1) is 0 Å². The van der Waals surface area contributed by atoms with Crippen molar-refractivity contribution in [2.75, 3.05) is 0 Å². The molecule has 0 aromatic rings. The molecular formula is HCrFeKO. The third-order valence-electron chi connectivity index (χ3n) is 0. The molecule has 0 heterocycles. The summed E-state index contributed by atoms with van der Waals surface area (Å²) in [5, 5.41) is 0.